The maximum absolute atomic E-state index is 12.4. The minimum absolute atomic E-state index is 0.0552. The van der Waals surface area contributed by atoms with Crippen LogP contribution in [-0.4, -0.2) is 24.0 Å². The Labute approximate surface area is 185 Å². The largest absolute Gasteiger partial charge is 0.507 e. The number of amides is 1. The molecular weight excluding hydrogens is 475 g/mol. The second-order valence-electron chi connectivity index (χ2n) is 6.46. The van der Waals surface area contributed by atoms with Crippen LogP contribution in [0, 0.1) is 0 Å². The van der Waals surface area contributed by atoms with Crippen LogP contribution in [0.15, 0.2) is 47.4 Å². The maximum atomic E-state index is 12.4. The SMILES string of the molecule is CC(=O)Nc1cc(N)c(C(F)(F)F)cc1Cl.Nc1ccc2c(S(=O)(=O)O)ccc(O)c2c1. The minimum atomic E-state index is -4.57. The van der Waals surface area contributed by atoms with Gasteiger partial charge in [-0.3, -0.25) is 9.35 Å². The van der Waals surface area contributed by atoms with Crippen molar-refractivity contribution in [3.63, 3.8) is 0 Å². The van der Waals surface area contributed by atoms with Crippen LogP contribution in [0.25, 0.3) is 10.8 Å². The van der Waals surface area contributed by atoms with E-state index in [4.69, 9.17) is 27.6 Å². The average Bonchev–Trinajstić information content (AvgIpc) is 2.63. The Morgan fingerprint density at radius 3 is 2.22 bits per heavy atom. The van der Waals surface area contributed by atoms with Crippen LogP contribution >= 0.6 is 11.6 Å². The topological polar surface area (TPSA) is 156 Å². The molecule has 0 unspecified atom stereocenters. The minimum Gasteiger partial charge on any atom is -0.507 e. The molecule has 0 saturated heterocycles. The van der Waals surface area contributed by atoms with E-state index < -0.39 is 33.5 Å². The Kier molecular flexibility index (Phi) is 7.13. The first kappa shape index (κ1) is 25.0. The van der Waals surface area contributed by atoms with E-state index in [1.165, 1.54) is 31.2 Å². The molecule has 3 rings (SSSR count). The van der Waals surface area contributed by atoms with Crippen molar-refractivity contribution in [1.82, 2.24) is 0 Å². The maximum Gasteiger partial charge on any atom is 0.418 e. The molecule has 7 N–H and O–H groups in total. The van der Waals surface area contributed by atoms with Crippen molar-refractivity contribution in [2.24, 2.45) is 0 Å². The van der Waals surface area contributed by atoms with Crippen LogP contribution in [0.4, 0.5) is 30.2 Å². The molecule has 0 aliphatic heterocycles. The summed E-state index contributed by atoms with van der Waals surface area (Å²) in [6, 6.07) is 8.38. The Morgan fingerprint density at radius 2 is 1.69 bits per heavy atom. The van der Waals surface area contributed by atoms with Gasteiger partial charge in [0.25, 0.3) is 10.1 Å². The second kappa shape index (κ2) is 9.10. The number of carbonyl (C=O) groups is 1. The van der Waals surface area contributed by atoms with Crippen molar-refractivity contribution in [3.05, 3.63) is 53.1 Å². The van der Waals surface area contributed by atoms with Crippen LogP contribution in [-0.2, 0) is 21.1 Å². The zero-order valence-electron chi connectivity index (χ0n) is 16.2. The predicted octanol–water partition coefficient (Wildman–Crippen LogP) is 4.27. The first-order valence-corrected chi connectivity index (χ1v) is 10.4. The number of anilines is 3. The smallest absolute Gasteiger partial charge is 0.418 e. The van der Waals surface area contributed by atoms with Gasteiger partial charge in [-0.1, -0.05) is 17.7 Å². The van der Waals surface area contributed by atoms with Crippen LogP contribution in [0.1, 0.15) is 12.5 Å². The molecule has 1 amide bonds. The van der Waals surface area contributed by atoms with E-state index in [9.17, 15) is 31.5 Å². The number of hydrogen-bond donors (Lipinski definition) is 5. The van der Waals surface area contributed by atoms with E-state index in [1.54, 1.807) is 0 Å². The molecule has 0 aliphatic rings. The van der Waals surface area contributed by atoms with Gasteiger partial charge in [0.15, 0.2) is 0 Å². The predicted molar refractivity (Wildman–Crippen MR) is 115 cm³/mol. The summed E-state index contributed by atoms with van der Waals surface area (Å²) in [5.41, 5.74) is 9.70. The molecule has 3 aromatic rings. The van der Waals surface area contributed by atoms with E-state index in [0.717, 1.165) is 12.1 Å². The van der Waals surface area contributed by atoms with E-state index in [2.05, 4.69) is 5.32 Å². The summed E-state index contributed by atoms with van der Waals surface area (Å²) in [4.78, 5) is 10.5. The van der Waals surface area contributed by atoms with Gasteiger partial charge in [-0.05, 0) is 36.4 Å². The number of hydrogen-bond acceptors (Lipinski definition) is 6. The number of alkyl halides is 3. The number of nitrogens with one attached hydrogen (secondary N) is 1. The lowest BCUT2D eigenvalue weighted by molar-refractivity contribution is -0.136. The van der Waals surface area contributed by atoms with E-state index >= 15 is 0 Å². The molecule has 32 heavy (non-hydrogen) atoms. The van der Waals surface area contributed by atoms with E-state index in [1.807, 2.05) is 0 Å². The number of nitrogens with two attached hydrogens (primary N) is 2. The lowest BCUT2D eigenvalue weighted by Crippen LogP contribution is -2.11. The number of phenols is 1. The molecule has 0 heterocycles. The number of carbonyl (C=O) groups excluding carboxylic acids is 1. The number of nitrogen functional groups attached to an aromatic ring is 2. The van der Waals surface area contributed by atoms with E-state index in [-0.39, 0.29) is 32.1 Å². The Morgan fingerprint density at radius 1 is 1.06 bits per heavy atom. The summed E-state index contributed by atoms with van der Waals surface area (Å²) in [5.74, 6) is -0.532. The van der Waals surface area contributed by atoms with Crippen molar-refractivity contribution in [1.29, 1.82) is 0 Å². The highest BCUT2D eigenvalue weighted by Crippen LogP contribution is 2.38. The Hall–Kier alpha value is -3.22. The molecule has 0 radical (unpaired) electrons. The third kappa shape index (κ3) is 5.93. The van der Waals surface area contributed by atoms with Crippen molar-refractivity contribution >= 4 is 55.5 Å². The van der Waals surface area contributed by atoms with Crippen molar-refractivity contribution in [3.8, 4) is 5.75 Å². The summed E-state index contributed by atoms with van der Waals surface area (Å²) in [7, 11) is -4.31. The molecule has 172 valence electrons. The lowest BCUT2D eigenvalue weighted by Gasteiger charge is -2.13. The van der Waals surface area contributed by atoms with Crippen LogP contribution < -0.4 is 16.8 Å². The number of phenolic OH excluding ortho intramolecular Hbond substituents is 1. The number of aromatic hydroxyl groups is 1. The molecule has 8 nitrogen and oxygen atoms in total. The molecule has 0 spiro atoms. The summed E-state index contributed by atoms with van der Waals surface area (Å²) < 4.78 is 68.4. The molecule has 0 fully saturated rings. The van der Waals surface area contributed by atoms with Gasteiger partial charge in [-0.15, -0.1) is 0 Å². The zero-order valence-corrected chi connectivity index (χ0v) is 17.8. The van der Waals surface area contributed by atoms with Gasteiger partial charge in [0, 0.05) is 29.1 Å². The quantitative estimate of drug-likeness (QED) is 0.264. The summed E-state index contributed by atoms with van der Waals surface area (Å²) in [5, 5.41) is 12.1. The molecule has 0 aliphatic carbocycles. The van der Waals surface area contributed by atoms with Gasteiger partial charge in [-0.2, -0.15) is 21.6 Å². The van der Waals surface area contributed by atoms with Crippen LogP contribution in [0.5, 0.6) is 5.75 Å². The fraction of sp³-hybridized carbons (Fsp3) is 0.105. The molecule has 3 aromatic carbocycles. The fourth-order valence-corrected chi connectivity index (χ4v) is 3.58. The van der Waals surface area contributed by atoms with Crippen LogP contribution in [0.2, 0.25) is 5.02 Å². The molecular formula is C19H17ClF3N3O5S. The first-order chi connectivity index (χ1) is 14.6. The first-order valence-electron chi connectivity index (χ1n) is 8.53. The summed E-state index contributed by atoms with van der Waals surface area (Å²) in [6.45, 7) is 1.21. The lowest BCUT2D eigenvalue weighted by atomic mass is 10.1. The van der Waals surface area contributed by atoms with Crippen molar-refractivity contribution in [2.45, 2.75) is 18.0 Å². The molecule has 13 heteroatoms. The van der Waals surface area contributed by atoms with Crippen molar-refractivity contribution in [2.75, 3.05) is 16.8 Å². The fourth-order valence-electron chi connectivity index (χ4n) is 2.67. The number of rotatable bonds is 2. The normalized spacial score (nSPS) is 11.6. The van der Waals surface area contributed by atoms with Gasteiger partial charge in [0.2, 0.25) is 5.91 Å². The van der Waals surface area contributed by atoms with Gasteiger partial charge < -0.3 is 21.9 Å². The standard InChI is InChI=1S/C10H9NO4S.C9H8ClF3N2O/c11-6-1-2-7-8(5-6)9(12)3-4-10(7)16(13,14)15;1-4(16)15-8-3-7(14)5(2-6(8)10)9(11,12)13/h1-5,12H,11H2,(H,13,14,15);2-3H,14H2,1H3,(H,15,16). The van der Waals surface area contributed by atoms with Crippen LogP contribution in [0.3, 0.4) is 0 Å². The molecule has 0 aromatic heterocycles. The van der Waals surface area contributed by atoms with Gasteiger partial charge in [0.1, 0.15) is 10.6 Å². The molecule has 0 saturated carbocycles. The summed E-state index contributed by atoms with van der Waals surface area (Å²) >= 11 is 5.58. The third-order valence-corrected chi connectivity index (χ3v) is 5.24. The van der Waals surface area contributed by atoms with Gasteiger partial charge >= 0.3 is 6.18 Å². The second-order valence-corrected chi connectivity index (χ2v) is 8.26. The average molecular weight is 492 g/mol. The highest BCUT2D eigenvalue weighted by Gasteiger charge is 2.33. The number of benzene rings is 3. The summed E-state index contributed by atoms with van der Waals surface area (Å²) in [6.07, 6.45) is -4.57. The molecule has 0 bridgehead atoms. The highest BCUT2D eigenvalue weighted by atomic mass is 35.5. The zero-order chi connectivity index (χ0) is 24.4. The van der Waals surface area contributed by atoms with E-state index in [0.29, 0.717) is 11.8 Å². The number of halogens is 4. The molecule has 0 atom stereocenters. The monoisotopic (exact) mass is 491 g/mol. The Bertz CT molecular complexity index is 1300. The van der Waals surface area contributed by atoms with Gasteiger partial charge in [0.05, 0.1) is 16.3 Å². The highest BCUT2D eigenvalue weighted by molar-refractivity contribution is 7.86. The Balaban J connectivity index is 0.000000227. The van der Waals surface area contributed by atoms with Gasteiger partial charge in [-0.25, -0.2) is 0 Å². The third-order valence-electron chi connectivity index (χ3n) is 4.01. The number of fused-ring (bicyclic) bond motifs is 1. The van der Waals surface area contributed by atoms with Crippen molar-refractivity contribution < 1.29 is 36.0 Å².